The monoisotopic (exact) mass is 304 g/mol. The van der Waals surface area contributed by atoms with E-state index < -0.39 is 5.97 Å². The molecule has 4 heteroatoms. The summed E-state index contributed by atoms with van der Waals surface area (Å²) < 4.78 is 0. The van der Waals surface area contributed by atoms with E-state index in [4.69, 9.17) is 0 Å². The summed E-state index contributed by atoms with van der Waals surface area (Å²) in [6.07, 6.45) is 10.3. The maximum absolute atomic E-state index is 10.4. The van der Waals surface area contributed by atoms with Crippen molar-refractivity contribution in [3.63, 3.8) is 0 Å². The third kappa shape index (κ3) is 13.9. The van der Waals surface area contributed by atoms with E-state index in [9.17, 15) is 15.0 Å². The minimum atomic E-state index is -1.12. The zero-order valence-corrected chi connectivity index (χ0v) is 14.4. The minimum Gasteiger partial charge on any atom is -0.854 e. The first-order valence-corrected chi connectivity index (χ1v) is 6.65. The molecule has 0 fully saturated rings. The average molecular weight is 306 g/mol. The Bertz CT molecular complexity index is 217. The fraction of sp³-hybridized carbons (Fsp3) is 0.786. The number of carbonyl (C=O) groups is 1. The van der Waals surface area contributed by atoms with E-state index >= 15 is 0 Å². The Morgan fingerprint density at radius 1 is 0.833 bits per heavy atom. The summed E-state index contributed by atoms with van der Waals surface area (Å²) in [7, 11) is 0. The molecular formula is C14H24O3Zn. The molecule has 18 heavy (non-hydrogen) atoms. The van der Waals surface area contributed by atoms with Gasteiger partial charge in [0.05, 0.1) is 5.97 Å². The summed E-state index contributed by atoms with van der Waals surface area (Å²) in [5.74, 6) is -1.12. The van der Waals surface area contributed by atoms with Crippen LogP contribution in [0.25, 0.3) is 0 Å². The number of hydrogen-bond acceptors (Lipinski definition) is 3. The Kier molecular flexibility index (Phi) is 16.6. The second-order valence-electron chi connectivity index (χ2n) is 4.53. The van der Waals surface area contributed by atoms with Crippen LogP contribution in [0.5, 0.6) is 0 Å². The Morgan fingerprint density at radius 2 is 1.22 bits per heavy atom. The van der Waals surface area contributed by atoms with Gasteiger partial charge in [-0.05, 0) is 18.4 Å². The van der Waals surface area contributed by atoms with Crippen LogP contribution < -0.4 is 10.2 Å². The van der Waals surface area contributed by atoms with Crippen molar-refractivity contribution in [2.24, 2.45) is 0 Å². The predicted octanol–water partition coefficient (Wildman–Crippen LogP) is 1.55. The molecule has 100 valence electrons. The number of carboxylic acid groups (broad SMARTS) is 1. The molecule has 0 aliphatic heterocycles. The van der Waals surface area contributed by atoms with Crippen LogP contribution in [0.1, 0.15) is 64.2 Å². The molecule has 0 bridgehead atoms. The molecule has 0 aromatic heterocycles. The first-order chi connectivity index (χ1) is 8.18. The zero-order valence-electron chi connectivity index (χ0n) is 11.4. The number of carbonyl (C=O) groups excluding carboxylic acids is 1. The molecule has 0 rings (SSSR count). The molecule has 0 heterocycles. The van der Waals surface area contributed by atoms with Crippen molar-refractivity contribution in [1.82, 2.24) is 0 Å². The van der Waals surface area contributed by atoms with E-state index in [-0.39, 0.29) is 31.7 Å². The molecule has 0 aliphatic carbocycles. The van der Waals surface area contributed by atoms with Crippen LogP contribution in [-0.4, -0.2) is 12.6 Å². The third-order valence-electron chi connectivity index (χ3n) is 2.91. The average Bonchev–Trinajstić information content (AvgIpc) is 2.31. The molecule has 0 aliphatic rings. The van der Waals surface area contributed by atoms with E-state index in [1.807, 2.05) is 0 Å². The molecule has 0 saturated carbocycles. The summed E-state index contributed by atoms with van der Waals surface area (Å²) in [6, 6.07) is 0. The molecule has 0 aromatic rings. The smallest absolute Gasteiger partial charge is 0.854 e. The Hall–Kier alpha value is -0.207. The number of aliphatic carboxylic acids is 1. The van der Waals surface area contributed by atoms with E-state index in [0.717, 1.165) is 32.1 Å². The van der Waals surface area contributed by atoms with Crippen LogP contribution in [0.3, 0.4) is 0 Å². The summed E-state index contributed by atoms with van der Waals surface area (Å²) in [5, 5.41) is 20.5. The predicted molar refractivity (Wildman–Crippen MR) is 65.2 cm³/mol. The maximum Gasteiger partial charge on any atom is 2.00 e. The van der Waals surface area contributed by atoms with Gasteiger partial charge in [-0.3, -0.25) is 0 Å². The van der Waals surface area contributed by atoms with Crippen LogP contribution in [0, 0.1) is 0 Å². The first kappa shape index (κ1) is 20.1. The second kappa shape index (κ2) is 14.9. The molecule has 0 atom stereocenters. The van der Waals surface area contributed by atoms with Gasteiger partial charge in [0, 0.05) is 0 Å². The molecule has 0 radical (unpaired) electrons. The molecule has 0 unspecified atom stereocenters. The normalized spacial score (nSPS) is 9.83. The molecule has 3 nitrogen and oxygen atoms in total. The van der Waals surface area contributed by atoms with E-state index in [0.29, 0.717) is 6.42 Å². The van der Waals surface area contributed by atoms with E-state index in [1.54, 1.807) is 0 Å². The molecule has 0 N–H and O–H groups in total. The van der Waals surface area contributed by atoms with Crippen molar-refractivity contribution < 1.29 is 34.5 Å². The van der Waals surface area contributed by atoms with Gasteiger partial charge in [0.15, 0.2) is 0 Å². The SMILES string of the molecule is C=C(CCCCCCCCCCC[O-])C(=O)[O-].[Zn+2]. The van der Waals surface area contributed by atoms with Crippen LogP contribution in [-0.2, 0) is 24.3 Å². The Balaban J connectivity index is 0. The van der Waals surface area contributed by atoms with Gasteiger partial charge in [0.1, 0.15) is 0 Å². The number of carboxylic acids is 1. The maximum atomic E-state index is 10.4. The largest absolute Gasteiger partial charge is 2.00 e. The fourth-order valence-corrected chi connectivity index (χ4v) is 1.78. The Labute approximate surface area is 123 Å². The molecular weight excluding hydrogens is 282 g/mol. The number of unbranched alkanes of at least 4 members (excludes halogenated alkanes) is 8. The summed E-state index contributed by atoms with van der Waals surface area (Å²) in [5.41, 5.74) is 0.211. The molecule has 0 amide bonds. The van der Waals surface area contributed by atoms with Crippen LogP contribution in [0.2, 0.25) is 0 Å². The Morgan fingerprint density at radius 3 is 1.61 bits per heavy atom. The molecule has 0 spiro atoms. The van der Waals surface area contributed by atoms with Gasteiger partial charge in [0.25, 0.3) is 0 Å². The summed E-state index contributed by atoms with van der Waals surface area (Å²) in [4.78, 5) is 10.4. The minimum absolute atomic E-state index is 0. The standard InChI is InChI=1S/C14H25O3.Zn/c1-13(14(16)17)11-9-7-5-3-2-4-6-8-10-12-15;/h1-12H2,(H,16,17);/q-1;+2/p-1. The quantitative estimate of drug-likeness (QED) is 0.312. The van der Waals surface area contributed by atoms with E-state index in [2.05, 4.69) is 6.58 Å². The van der Waals surface area contributed by atoms with Crippen molar-refractivity contribution >= 4 is 5.97 Å². The second-order valence-corrected chi connectivity index (χ2v) is 4.53. The van der Waals surface area contributed by atoms with E-state index in [1.165, 1.54) is 25.7 Å². The third-order valence-corrected chi connectivity index (χ3v) is 2.91. The van der Waals surface area contributed by atoms with Gasteiger partial charge in [-0.15, -0.1) is 6.61 Å². The molecule has 0 saturated heterocycles. The van der Waals surface area contributed by atoms with Gasteiger partial charge in [-0.25, -0.2) is 0 Å². The van der Waals surface area contributed by atoms with Crippen LogP contribution in [0.4, 0.5) is 0 Å². The van der Waals surface area contributed by atoms with Crippen molar-refractivity contribution in [3.8, 4) is 0 Å². The van der Waals surface area contributed by atoms with Gasteiger partial charge in [0.2, 0.25) is 0 Å². The van der Waals surface area contributed by atoms with Gasteiger partial charge >= 0.3 is 19.5 Å². The fourth-order valence-electron chi connectivity index (χ4n) is 1.78. The topological polar surface area (TPSA) is 63.2 Å². The van der Waals surface area contributed by atoms with Gasteiger partial charge < -0.3 is 15.0 Å². The van der Waals surface area contributed by atoms with Crippen molar-refractivity contribution in [3.05, 3.63) is 12.2 Å². The first-order valence-electron chi connectivity index (χ1n) is 6.65. The van der Waals surface area contributed by atoms with Crippen LogP contribution >= 0.6 is 0 Å². The van der Waals surface area contributed by atoms with Gasteiger partial charge in [-0.2, -0.15) is 0 Å². The van der Waals surface area contributed by atoms with Gasteiger partial charge in [-0.1, -0.05) is 57.9 Å². The van der Waals surface area contributed by atoms with Crippen molar-refractivity contribution in [2.45, 2.75) is 64.2 Å². The number of rotatable bonds is 12. The summed E-state index contributed by atoms with van der Waals surface area (Å²) >= 11 is 0. The van der Waals surface area contributed by atoms with Crippen molar-refractivity contribution in [2.75, 3.05) is 6.61 Å². The van der Waals surface area contributed by atoms with Crippen LogP contribution in [0.15, 0.2) is 12.2 Å². The zero-order chi connectivity index (χ0) is 12.9. The number of hydrogen-bond donors (Lipinski definition) is 0. The molecule has 0 aromatic carbocycles. The summed E-state index contributed by atoms with van der Waals surface area (Å²) in [6.45, 7) is 3.50. The van der Waals surface area contributed by atoms with Crippen molar-refractivity contribution in [1.29, 1.82) is 0 Å².